The van der Waals surface area contributed by atoms with Gasteiger partial charge in [0.15, 0.2) is 0 Å². The van der Waals surface area contributed by atoms with Crippen molar-refractivity contribution in [2.75, 3.05) is 5.32 Å². The zero-order chi connectivity index (χ0) is 17.9. The van der Waals surface area contributed by atoms with Crippen molar-refractivity contribution < 1.29 is 4.79 Å². The molecule has 0 aliphatic rings. The first-order valence-electron chi connectivity index (χ1n) is 8.68. The lowest BCUT2D eigenvalue weighted by atomic mass is 10.1. The molecule has 128 valence electrons. The number of H-pyrrole nitrogens is 1. The number of fused-ring (bicyclic) bond motifs is 1. The number of aryl methyl sites for hydroxylation is 1. The minimum Gasteiger partial charge on any atom is -0.338 e. The number of aromatic amines is 1. The standard InChI is InChI=1S/C22H19N3O/c1-2-15-10-12-16(13-11-15)22(26)23-18-7-5-6-17(14-18)21-24-19-8-3-4-9-20(19)25-21/h3-14H,2H2,1H3,(H,23,26)(H,24,25). The molecule has 0 atom stereocenters. The average molecular weight is 341 g/mol. The Morgan fingerprint density at radius 1 is 1.00 bits per heavy atom. The van der Waals surface area contributed by atoms with Gasteiger partial charge in [0.05, 0.1) is 11.0 Å². The number of amides is 1. The molecule has 0 saturated heterocycles. The van der Waals surface area contributed by atoms with Crippen LogP contribution >= 0.6 is 0 Å². The van der Waals surface area contributed by atoms with E-state index in [4.69, 9.17) is 0 Å². The van der Waals surface area contributed by atoms with Gasteiger partial charge in [0.25, 0.3) is 5.91 Å². The molecule has 0 fully saturated rings. The number of carbonyl (C=O) groups excluding carboxylic acids is 1. The first-order valence-corrected chi connectivity index (χ1v) is 8.68. The van der Waals surface area contributed by atoms with Crippen molar-refractivity contribution in [3.8, 4) is 11.4 Å². The van der Waals surface area contributed by atoms with Crippen molar-refractivity contribution in [2.45, 2.75) is 13.3 Å². The van der Waals surface area contributed by atoms with Crippen molar-refractivity contribution in [3.05, 3.63) is 83.9 Å². The van der Waals surface area contributed by atoms with Crippen molar-refractivity contribution >= 4 is 22.6 Å². The van der Waals surface area contributed by atoms with Crippen LogP contribution < -0.4 is 5.32 Å². The summed E-state index contributed by atoms with van der Waals surface area (Å²) in [6.45, 7) is 2.10. The van der Waals surface area contributed by atoms with Gasteiger partial charge in [-0.25, -0.2) is 4.98 Å². The van der Waals surface area contributed by atoms with Gasteiger partial charge >= 0.3 is 0 Å². The van der Waals surface area contributed by atoms with E-state index < -0.39 is 0 Å². The summed E-state index contributed by atoms with van der Waals surface area (Å²) in [5.74, 6) is 0.670. The molecule has 0 aliphatic carbocycles. The number of anilines is 1. The van der Waals surface area contributed by atoms with Crippen molar-refractivity contribution in [3.63, 3.8) is 0 Å². The third kappa shape index (κ3) is 3.22. The van der Waals surface area contributed by atoms with Crippen LogP contribution in [0.1, 0.15) is 22.8 Å². The van der Waals surface area contributed by atoms with E-state index in [0.29, 0.717) is 5.56 Å². The molecule has 4 aromatic rings. The average Bonchev–Trinajstić information content (AvgIpc) is 3.12. The summed E-state index contributed by atoms with van der Waals surface area (Å²) in [6.07, 6.45) is 0.960. The number of imidazole rings is 1. The van der Waals surface area contributed by atoms with E-state index in [2.05, 4.69) is 22.2 Å². The Hall–Kier alpha value is -3.40. The molecule has 0 radical (unpaired) electrons. The van der Waals surface area contributed by atoms with E-state index in [-0.39, 0.29) is 5.91 Å². The third-order valence-corrected chi connectivity index (χ3v) is 4.41. The second-order valence-corrected chi connectivity index (χ2v) is 6.19. The fraction of sp³-hybridized carbons (Fsp3) is 0.0909. The minimum atomic E-state index is -0.116. The Kier molecular flexibility index (Phi) is 4.23. The molecule has 26 heavy (non-hydrogen) atoms. The van der Waals surface area contributed by atoms with E-state index in [9.17, 15) is 4.79 Å². The maximum absolute atomic E-state index is 12.5. The van der Waals surface area contributed by atoms with Gasteiger partial charge in [-0.1, -0.05) is 43.3 Å². The maximum atomic E-state index is 12.5. The summed E-state index contributed by atoms with van der Waals surface area (Å²) in [5, 5.41) is 2.96. The Morgan fingerprint density at radius 2 is 1.81 bits per heavy atom. The van der Waals surface area contributed by atoms with Crippen LogP contribution in [0.5, 0.6) is 0 Å². The molecular formula is C22H19N3O. The highest BCUT2D eigenvalue weighted by molar-refractivity contribution is 6.04. The molecule has 1 heterocycles. The fourth-order valence-corrected chi connectivity index (χ4v) is 2.93. The predicted octanol–water partition coefficient (Wildman–Crippen LogP) is 5.04. The molecule has 1 aromatic heterocycles. The van der Waals surface area contributed by atoms with E-state index in [1.807, 2.05) is 72.8 Å². The third-order valence-electron chi connectivity index (χ3n) is 4.41. The number of carbonyl (C=O) groups is 1. The fourth-order valence-electron chi connectivity index (χ4n) is 2.93. The van der Waals surface area contributed by atoms with Gasteiger partial charge in [0.1, 0.15) is 5.82 Å². The molecule has 0 bridgehead atoms. The van der Waals surface area contributed by atoms with Crippen LogP contribution in [0.2, 0.25) is 0 Å². The molecule has 2 N–H and O–H groups in total. The zero-order valence-corrected chi connectivity index (χ0v) is 14.5. The van der Waals surface area contributed by atoms with Gasteiger partial charge in [-0.2, -0.15) is 0 Å². The zero-order valence-electron chi connectivity index (χ0n) is 14.5. The number of nitrogens with zero attached hydrogens (tertiary/aromatic N) is 1. The van der Waals surface area contributed by atoms with Crippen molar-refractivity contribution in [2.24, 2.45) is 0 Å². The number of benzene rings is 3. The van der Waals surface area contributed by atoms with Crippen LogP contribution in [0.15, 0.2) is 72.8 Å². The highest BCUT2D eigenvalue weighted by Gasteiger charge is 2.09. The van der Waals surface area contributed by atoms with Gasteiger partial charge in [0.2, 0.25) is 0 Å². The van der Waals surface area contributed by atoms with E-state index in [0.717, 1.165) is 34.5 Å². The number of aromatic nitrogens is 2. The number of hydrogen-bond donors (Lipinski definition) is 2. The van der Waals surface area contributed by atoms with Crippen LogP contribution in [-0.4, -0.2) is 15.9 Å². The highest BCUT2D eigenvalue weighted by atomic mass is 16.1. The Morgan fingerprint density at radius 3 is 2.58 bits per heavy atom. The summed E-state index contributed by atoms with van der Waals surface area (Å²) >= 11 is 0. The van der Waals surface area contributed by atoms with Crippen LogP contribution in [0.4, 0.5) is 5.69 Å². The summed E-state index contributed by atoms with van der Waals surface area (Å²) in [7, 11) is 0. The van der Waals surface area contributed by atoms with E-state index in [1.54, 1.807) is 0 Å². The number of para-hydroxylation sites is 2. The summed E-state index contributed by atoms with van der Waals surface area (Å²) in [6, 6.07) is 23.3. The number of nitrogens with one attached hydrogen (secondary N) is 2. The van der Waals surface area contributed by atoms with Gasteiger partial charge in [-0.15, -0.1) is 0 Å². The molecule has 4 nitrogen and oxygen atoms in total. The Bertz CT molecular complexity index is 1030. The second kappa shape index (κ2) is 6.84. The Balaban J connectivity index is 1.57. The second-order valence-electron chi connectivity index (χ2n) is 6.19. The first kappa shape index (κ1) is 16.1. The molecule has 4 rings (SSSR count). The highest BCUT2D eigenvalue weighted by Crippen LogP contribution is 2.23. The van der Waals surface area contributed by atoms with Crippen molar-refractivity contribution in [1.82, 2.24) is 9.97 Å². The molecule has 0 aliphatic heterocycles. The van der Waals surface area contributed by atoms with Crippen LogP contribution in [0, 0.1) is 0 Å². The summed E-state index contributed by atoms with van der Waals surface area (Å²) < 4.78 is 0. The van der Waals surface area contributed by atoms with Crippen LogP contribution in [-0.2, 0) is 6.42 Å². The first-order chi connectivity index (χ1) is 12.7. The molecule has 0 spiro atoms. The largest absolute Gasteiger partial charge is 0.338 e. The van der Waals surface area contributed by atoms with Gasteiger partial charge in [-0.05, 0) is 48.4 Å². The lowest BCUT2D eigenvalue weighted by Crippen LogP contribution is -2.11. The van der Waals surface area contributed by atoms with E-state index >= 15 is 0 Å². The van der Waals surface area contributed by atoms with Crippen LogP contribution in [0.25, 0.3) is 22.4 Å². The Labute approximate surface area is 151 Å². The maximum Gasteiger partial charge on any atom is 0.255 e. The van der Waals surface area contributed by atoms with Gasteiger partial charge < -0.3 is 10.3 Å². The molecule has 0 unspecified atom stereocenters. The van der Waals surface area contributed by atoms with E-state index in [1.165, 1.54) is 5.56 Å². The number of hydrogen-bond acceptors (Lipinski definition) is 2. The van der Waals surface area contributed by atoms with Gasteiger partial charge in [0, 0.05) is 16.8 Å². The topological polar surface area (TPSA) is 57.8 Å². The summed E-state index contributed by atoms with van der Waals surface area (Å²) in [4.78, 5) is 20.4. The van der Waals surface area contributed by atoms with Crippen molar-refractivity contribution in [1.29, 1.82) is 0 Å². The normalized spacial score (nSPS) is 10.8. The molecule has 1 amide bonds. The summed E-state index contributed by atoms with van der Waals surface area (Å²) in [5.41, 5.74) is 5.46. The lowest BCUT2D eigenvalue weighted by Gasteiger charge is -2.07. The lowest BCUT2D eigenvalue weighted by molar-refractivity contribution is 0.102. The van der Waals surface area contributed by atoms with Gasteiger partial charge in [-0.3, -0.25) is 4.79 Å². The molecule has 0 saturated carbocycles. The SMILES string of the molecule is CCc1ccc(C(=O)Nc2cccc(-c3nc4ccccc4[nH]3)c2)cc1. The smallest absolute Gasteiger partial charge is 0.255 e. The minimum absolute atomic E-state index is 0.116. The molecule has 3 aromatic carbocycles. The predicted molar refractivity (Wildman–Crippen MR) is 105 cm³/mol. The van der Waals surface area contributed by atoms with Crippen LogP contribution in [0.3, 0.4) is 0 Å². The molecule has 4 heteroatoms. The number of rotatable bonds is 4. The quantitative estimate of drug-likeness (QED) is 0.546. The molecular weight excluding hydrogens is 322 g/mol. The monoisotopic (exact) mass is 341 g/mol.